The van der Waals surface area contributed by atoms with Crippen molar-refractivity contribution in [2.45, 2.75) is 45.6 Å². The zero-order valence-corrected chi connectivity index (χ0v) is 12.9. The van der Waals surface area contributed by atoms with Crippen molar-refractivity contribution in [3.63, 3.8) is 0 Å². The molecule has 1 saturated heterocycles. The van der Waals surface area contributed by atoms with E-state index in [-0.39, 0.29) is 11.9 Å². The molecule has 2 aromatic rings. The second-order valence-corrected chi connectivity index (χ2v) is 5.89. The lowest BCUT2D eigenvalue weighted by atomic mass is 10.2. The van der Waals surface area contributed by atoms with Gasteiger partial charge in [-0.05, 0) is 37.7 Å². The minimum Gasteiger partial charge on any atom is -0.337 e. The van der Waals surface area contributed by atoms with Gasteiger partial charge in [-0.15, -0.1) is 5.10 Å². The van der Waals surface area contributed by atoms with Crippen LogP contribution in [0.1, 0.15) is 59.3 Å². The molecule has 7 nitrogen and oxygen atoms in total. The monoisotopic (exact) mass is 307 g/mol. The minimum absolute atomic E-state index is 0.0215. The van der Waals surface area contributed by atoms with Crippen LogP contribution in [0.3, 0.4) is 0 Å². The van der Waals surface area contributed by atoms with Gasteiger partial charge < -0.3 is 9.42 Å². The third-order valence-electron chi connectivity index (χ3n) is 3.58. The van der Waals surface area contributed by atoms with Crippen molar-refractivity contribution in [1.29, 1.82) is 0 Å². The van der Waals surface area contributed by atoms with Gasteiger partial charge >= 0.3 is 0 Å². The Hall–Kier alpha value is -1.83. The summed E-state index contributed by atoms with van der Waals surface area (Å²) in [7, 11) is 0. The van der Waals surface area contributed by atoms with Gasteiger partial charge in [0.2, 0.25) is 5.89 Å². The minimum atomic E-state index is -0.129. The number of hydrogen-bond donors (Lipinski definition) is 0. The molecule has 112 valence electrons. The SMILES string of the molecule is CCCc1nnsc1C(=O)N1CCCC1c1nc(C)no1. The van der Waals surface area contributed by atoms with Crippen LogP contribution in [-0.2, 0) is 6.42 Å². The lowest BCUT2D eigenvalue weighted by molar-refractivity contribution is 0.0713. The molecule has 0 aliphatic carbocycles. The molecule has 8 heteroatoms. The molecular formula is C13H17N5O2S. The highest BCUT2D eigenvalue weighted by atomic mass is 32.1. The van der Waals surface area contributed by atoms with Crippen molar-refractivity contribution in [1.82, 2.24) is 24.6 Å². The maximum absolute atomic E-state index is 12.8. The molecule has 0 aromatic carbocycles. The number of aryl methyl sites for hydroxylation is 2. The Morgan fingerprint density at radius 3 is 3.10 bits per heavy atom. The molecule has 0 saturated carbocycles. The predicted molar refractivity (Wildman–Crippen MR) is 76.0 cm³/mol. The van der Waals surface area contributed by atoms with Crippen LogP contribution in [0.4, 0.5) is 0 Å². The summed E-state index contributed by atoms with van der Waals surface area (Å²) in [5, 5.41) is 7.89. The fourth-order valence-electron chi connectivity index (χ4n) is 2.62. The molecule has 1 aliphatic heterocycles. The molecule has 0 radical (unpaired) electrons. The third kappa shape index (κ3) is 2.67. The summed E-state index contributed by atoms with van der Waals surface area (Å²) in [4.78, 5) is 19.5. The zero-order chi connectivity index (χ0) is 14.8. The number of hydrogen-bond acceptors (Lipinski definition) is 7. The maximum Gasteiger partial charge on any atom is 0.268 e. The molecule has 1 amide bonds. The topological polar surface area (TPSA) is 85.0 Å². The lowest BCUT2D eigenvalue weighted by Gasteiger charge is -2.21. The van der Waals surface area contributed by atoms with Crippen LogP contribution in [0.15, 0.2) is 4.52 Å². The first-order valence-corrected chi connectivity index (χ1v) is 7.90. The first kappa shape index (κ1) is 14.1. The molecule has 1 atom stereocenters. The Bertz CT molecular complexity index is 638. The first-order valence-electron chi connectivity index (χ1n) is 7.13. The molecule has 3 rings (SSSR count). The normalized spacial score (nSPS) is 18.4. The summed E-state index contributed by atoms with van der Waals surface area (Å²) in [5.74, 6) is 1.09. The van der Waals surface area contributed by atoms with E-state index in [0.717, 1.165) is 31.4 Å². The molecule has 0 bridgehead atoms. The zero-order valence-electron chi connectivity index (χ0n) is 12.1. The number of carbonyl (C=O) groups excluding carboxylic acids is 1. The van der Waals surface area contributed by atoms with Crippen LogP contribution in [0, 0.1) is 6.92 Å². The molecular weight excluding hydrogens is 290 g/mol. The Labute approximate surface area is 126 Å². The van der Waals surface area contributed by atoms with Crippen molar-refractivity contribution in [2.75, 3.05) is 6.54 Å². The van der Waals surface area contributed by atoms with Crippen molar-refractivity contribution in [3.05, 3.63) is 22.3 Å². The summed E-state index contributed by atoms with van der Waals surface area (Å²) in [5.41, 5.74) is 0.792. The van der Waals surface area contributed by atoms with E-state index in [0.29, 0.717) is 23.1 Å². The number of rotatable bonds is 4. The third-order valence-corrected chi connectivity index (χ3v) is 4.33. The van der Waals surface area contributed by atoms with Crippen molar-refractivity contribution < 1.29 is 9.32 Å². The van der Waals surface area contributed by atoms with E-state index >= 15 is 0 Å². The van der Waals surface area contributed by atoms with Crippen molar-refractivity contribution in [2.24, 2.45) is 0 Å². The molecule has 21 heavy (non-hydrogen) atoms. The van der Waals surface area contributed by atoms with Gasteiger partial charge in [-0.3, -0.25) is 4.79 Å². The number of aromatic nitrogens is 4. The van der Waals surface area contributed by atoms with E-state index in [1.165, 1.54) is 11.5 Å². The fraction of sp³-hybridized carbons (Fsp3) is 0.615. The second kappa shape index (κ2) is 5.88. The standard InChI is InChI=1S/C13H17N5O2S/c1-3-5-9-11(21-17-15-9)13(19)18-7-4-6-10(18)12-14-8(2)16-20-12/h10H,3-7H2,1-2H3. The molecule has 2 aromatic heterocycles. The Morgan fingerprint density at radius 2 is 2.38 bits per heavy atom. The summed E-state index contributed by atoms with van der Waals surface area (Å²) in [6.45, 7) is 4.54. The van der Waals surface area contributed by atoms with E-state index in [4.69, 9.17) is 4.52 Å². The van der Waals surface area contributed by atoms with Gasteiger partial charge in [0.05, 0.1) is 5.69 Å². The van der Waals surface area contributed by atoms with Gasteiger partial charge in [0, 0.05) is 6.54 Å². The van der Waals surface area contributed by atoms with Crippen LogP contribution in [0.2, 0.25) is 0 Å². The highest BCUT2D eigenvalue weighted by Crippen LogP contribution is 2.33. The maximum atomic E-state index is 12.8. The quantitative estimate of drug-likeness (QED) is 0.860. The van der Waals surface area contributed by atoms with E-state index in [1.54, 1.807) is 11.8 Å². The molecule has 0 N–H and O–H groups in total. The van der Waals surface area contributed by atoms with E-state index in [1.807, 2.05) is 0 Å². The molecule has 3 heterocycles. The van der Waals surface area contributed by atoms with Crippen LogP contribution >= 0.6 is 11.5 Å². The first-order chi connectivity index (χ1) is 10.2. The predicted octanol–water partition coefficient (Wildman–Crippen LogP) is 2.16. The van der Waals surface area contributed by atoms with Gasteiger partial charge in [-0.1, -0.05) is 23.0 Å². The largest absolute Gasteiger partial charge is 0.337 e. The van der Waals surface area contributed by atoms with Gasteiger partial charge in [0.25, 0.3) is 5.91 Å². The van der Waals surface area contributed by atoms with Crippen LogP contribution in [-0.4, -0.2) is 37.1 Å². The highest BCUT2D eigenvalue weighted by Gasteiger charge is 2.36. The fourth-order valence-corrected chi connectivity index (χ4v) is 3.28. The van der Waals surface area contributed by atoms with Crippen LogP contribution in [0.5, 0.6) is 0 Å². The summed E-state index contributed by atoms with van der Waals surface area (Å²) in [6.07, 6.45) is 3.50. The lowest BCUT2D eigenvalue weighted by Crippen LogP contribution is -2.30. The highest BCUT2D eigenvalue weighted by molar-refractivity contribution is 7.08. The van der Waals surface area contributed by atoms with E-state index in [9.17, 15) is 4.79 Å². The molecule has 1 fully saturated rings. The molecule has 1 unspecified atom stereocenters. The average molecular weight is 307 g/mol. The number of likely N-dealkylation sites (tertiary alicyclic amines) is 1. The van der Waals surface area contributed by atoms with E-state index in [2.05, 4.69) is 26.7 Å². The van der Waals surface area contributed by atoms with Gasteiger partial charge in [0.15, 0.2) is 5.82 Å². The molecule has 0 spiro atoms. The van der Waals surface area contributed by atoms with Gasteiger partial charge in [0.1, 0.15) is 10.9 Å². The van der Waals surface area contributed by atoms with Crippen molar-refractivity contribution >= 4 is 17.4 Å². The smallest absolute Gasteiger partial charge is 0.268 e. The Kier molecular flexibility index (Phi) is 3.96. The molecule has 1 aliphatic rings. The average Bonchev–Trinajstić information content (AvgIpc) is 3.17. The van der Waals surface area contributed by atoms with Gasteiger partial charge in [-0.25, -0.2) is 0 Å². The summed E-state index contributed by atoms with van der Waals surface area (Å²) < 4.78 is 9.17. The van der Waals surface area contributed by atoms with Gasteiger partial charge in [-0.2, -0.15) is 4.98 Å². The Balaban J connectivity index is 1.84. The van der Waals surface area contributed by atoms with Crippen LogP contribution in [0.25, 0.3) is 0 Å². The summed E-state index contributed by atoms with van der Waals surface area (Å²) >= 11 is 1.17. The number of nitrogens with zero attached hydrogens (tertiary/aromatic N) is 5. The van der Waals surface area contributed by atoms with Crippen LogP contribution < -0.4 is 0 Å². The van der Waals surface area contributed by atoms with Crippen molar-refractivity contribution in [3.8, 4) is 0 Å². The summed E-state index contributed by atoms with van der Waals surface area (Å²) in [6, 6.07) is -0.129. The second-order valence-electron chi connectivity index (χ2n) is 5.14. The number of amides is 1. The van der Waals surface area contributed by atoms with E-state index < -0.39 is 0 Å². The number of carbonyl (C=O) groups is 1. The Morgan fingerprint density at radius 1 is 1.52 bits per heavy atom.